The summed E-state index contributed by atoms with van der Waals surface area (Å²) in [7, 11) is 0. The molecule has 0 atom stereocenters. The van der Waals surface area contributed by atoms with Gasteiger partial charge in [-0.2, -0.15) is 0 Å². The van der Waals surface area contributed by atoms with Crippen LogP contribution in [0.4, 0.5) is 10.0 Å². The van der Waals surface area contributed by atoms with E-state index in [4.69, 9.17) is 0 Å². The second-order valence-electron chi connectivity index (χ2n) is 11.9. The molecule has 0 radical (unpaired) electrons. The highest BCUT2D eigenvalue weighted by atomic mass is 32.2. The maximum absolute atomic E-state index is 11.9. The van der Waals surface area contributed by atoms with Crippen molar-refractivity contribution < 1.29 is 49.5 Å². The molecule has 6 aromatic heterocycles. The van der Waals surface area contributed by atoms with Crippen molar-refractivity contribution in [1.29, 1.82) is 0 Å². The van der Waals surface area contributed by atoms with E-state index in [1.807, 2.05) is 12.1 Å². The molecule has 14 nitrogen and oxygen atoms in total. The number of thiophene rings is 6. The number of hydrogen-bond donors (Lipinski definition) is 4. The first-order valence-corrected chi connectivity index (χ1v) is 21.6. The van der Waals surface area contributed by atoms with Crippen molar-refractivity contribution in [3.63, 3.8) is 0 Å². The zero-order chi connectivity index (χ0) is 41.3. The van der Waals surface area contributed by atoms with E-state index < -0.39 is 46.6 Å². The van der Waals surface area contributed by atoms with Gasteiger partial charge in [-0.25, -0.2) is 0 Å². The Balaban J connectivity index is 1.30. The molecule has 292 valence electrons. The highest BCUT2D eigenvalue weighted by molar-refractivity contribution is 8.16. The Morgan fingerprint density at radius 3 is 1.40 bits per heavy atom. The van der Waals surface area contributed by atoms with Gasteiger partial charge in [-0.05, 0) is 58.7 Å². The van der Waals surface area contributed by atoms with Crippen molar-refractivity contribution in [2.45, 2.75) is 25.7 Å². The standard InChI is InChI=1S/C36H24N2O12S7/c1-15(51-16(2)34-19(13-31(43)44)9-27(56-34)37(47)48)33-17(11-29(39)40)7-25(54-33)21-3-4-22(52-21)26-8-18(12-30(41)42)35(55-26)23-5-6-24(53-23)36-20(14-32(45)46)10-28(57-36)38(49)50/h3-10H,1-2,11-14H2,(H,39,40)(H,41,42)(H,43,44)(H,45,46). The molecule has 0 spiro atoms. The van der Waals surface area contributed by atoms with Crippen molar-refractivity contribution in [2.75, 3.05) is 0 Å². The summed E-state index contributed by atoms with van der Waals surface area (Å²) in [4.78, 5) is 75.6. The first kappa shape index (κ1) is 41.3. The highest BCUT2D eigenvalue weighted by Gasteiger charge is 2.25. The van der Waals surface area contributed by atoms with Gasteiger partial charge < -0.3 is 20.4 Å². The van der Waals surface area contributed by atoms with Crippen LogP contribution in [-0.2, 0) is 44.9 Å². The molecule has 0 bridgehead atoms. The van der Waals surface area contributed by atoms with Crippen LogP contribution >= 0.6 is 79.8 Å². The van der Waals surface area contributed by atoms with E-state index >= 15 is 0 Å². The Morgan fingerprint density at radius 2 is 0.877 bits per heavy atom. The number of carboxylic acids is 4. The summed E-state index contributed by atoms with van der Waals surface area (Å²) in [6.45, 7) is 8.16. The van der Waals surface area contributed by atoms with Crippen molar-refractivity contribution in [3.05, 3.63) is 114 Å². The molecular formula is C36H24N2O12S7. The van der Waals surface area contributed by atoms with Crippen molar-refractivity contribution >= 4 is 123 Å². The molecule has 0 aromatic carbocycles. The Labute approximate surface area is 349 Å². The van der Waals surface area contributed by atoms with Crippen molar-refractivity contribution in [1.82, 2.24) is 0 Å². The predicted octanol–water partition coefficient (Wildman–Crippen LogP) is 10.4. The molecule has 0 fully saturated rings. The molecule has 6 rings (SSSR count). The zero-order valence-corrected chi connectivity index (χ0v) is 34.4. The Hall–Kier alpha value is -5.29. The van der Waals surface area contributed by atoms with Crippen LogP contribution in [0.5, 0.6) is 0 Å². The summed E-state index contributed by atoms with van der Waals surface area (Å²) < 4.78 is 0. The second kappa shape index (κ2) is 17.1. The van der Waals surface area contributed by atoms with Gasteiger partial charge in [-0.15, -0.1) is 45.3 Å². The Kier molecular flexibility index (Phi) is 12.4. The number of rotatable bonds is 18. The maximum Gasteiger partial charge on any atom is 0.324 e. The molecule has 0 saturated heterocycles. The Bertz CT molecular complexity index is 2650. The third-order valence-electron chi connectivity index (χ3n) is 7.83. The summed E-state index contributed by atoms with van der Waals surface area (Å²) in [5.74, 6) is -4.43. The summed E-state index contributed by atoms with van der Waals surface area (Å²) >= 11 is 8.07. The first-order chi connectivity index (χ1) is 27.0. The third kappa shape index (κ3) is 9.47. The fourth-order valence-corrected chi connectivity index (χ4v) is 13.4. The summed E-state index contributed by atoms with van der Waals surface area (Å²) in [5.41, 5.74) is 1.57. The summed E-state index contributed by atoms with van der Waals surface area (Å²) in [6, 6.07) is 13.3. The number of aliphatic carboxylic acids is 4. The predicted molar refractivity (Wildman–Crippen MR) is 226 cm³/mol. The molecule has 6 heterocycles. The lowest BCUT2D eigenvalue weighted by atomic mass is 10.1. The lowest BCUT2D eigenvalue weighted by Crippen LogP contribution is -2.01. The van der Waals surface area contributed by atoms with Gasteiger partial charge >= 0.3 is 33.9 Å². The second-order valence-corrected chi connectivity index (χ2v) is 19.4. The molecule has 0 aliphatic heterocycles. The number of nitro groups is 2. The van der Waals surface area contributed by atoms with Crippen LogP contribution in [-0.4, -0.2) is 54.1 Å². The van der Waals surface area contributed by atoms with Gasteiger partial charge in [0.1, 0.15) is 0 Å². The fraction of sp³-hybridized carbons (Fsp3) is 0.111. The van der Waals surface area contributed by atoms with E-state index in [1.165, 1.54) is 57.5 Å². The number of carboxylic acid groups (broad SMARTS) is 4. The molecular weight excluding hydrogens is 877 g/mol. The van der Waals surface area contributed by atoms with Gasteiger partial charge in [0.15, 0.2) is 0 Å². The molecule has 57 heavy (non-hydrogen) atoms. The molecule has 21 heteroatoms. The van der Waals surface area contributed by atoms with Gasteiger partial charge in [-0.1, -0.05) is 47.6 Å². The average molecular weight is 901 g/mol. The van der Waals surface area contributed by atoms with E-state index in [9.17, 15) is 59.8 Å². The minimum atomic E-state index is -1.17. The number of nitrogens with zero attached hydrogens (tertiary/aromatic N) is 2. The fourth-order valence-electron chi connectivity index (χ4n) is 5.60. The average Bonchev–Trinajstić information content (AvgIpc) is 3.94. The van der Waals surface area contributed by atoms with Gasteiger partial charge in [0, 0.05) is 61.0 Å². The largest absolute Gasteiger partial charge is 0.481 e. The zero-order valence-electron chi connectivity index (χ0n) is 28.7. The van der Waals surface area contributed by atoms with Crippen LogP contribution in [0, 0.1) is 20.2 Å². The topological polar surface area (TPSA) is 235 Å². The monoisotopic (exact) mass is 900 g/mol. The smallest absolute Gasteiger partial charge is 0.324 e. The van der Waals surface area contributed by atoms with Gasteiger partial charge in [0.25, 0.3) is 0 Å². The molecule has 0 saturated carbocycles. The Morgan fingerprint density at radius 1 is 0.509 bits per heavy atom. The molecule has 0 aliphatic rings. The normalized spacial score (nSPS) is 11.1. The minimum absolute atomic E-state index is 0.186. The van der Waals surface area contributed by atoms with Crippen molar-refractivity contribution in [3.8, 4) is 39.0 Å². The molecule has 0 amide bonds. The van der Waals surface area contributed by atoms with Crippen LogP contribution in [0.25, 0.3) is 48.8 Å². The van der Waals surface area contributed by atoms with E-state index in [2.05, 4.69) is 13.2 Å². The van der Waals surface area contributed by atoms with E-state index in [1.54, 1.807) is 24.3 Å². The lowest BCUT2D eigenvalue weighted by molar-refractivity contribution is -0.380. The highest BCUT2D eigenvalue weighted by Crippen LogP contribution is 2.50. The van der Waals surface area contributed by atoms with Crippen LogP contribution in [0.3, 0.4) is 0 Å². The molecule has 6 aromatic rings. The number of carbonyl (C=O) groups is 4. The van der Waals surface area contributed by atoms with E-state index in [-0.39, 0.29) is 28.4 Å². The lowest BCUT2D eigenvalue weighted by Gasteiger charge is -2.08. The van der Waals surface area contributed by atoms with E-state index in [0.717, 1.165) is 53.9 Å². The first-order valence-electron chi connectivity index (χ1n) is 15.9. The van der Waals surface area contributed by atoms with Gasteiger partial charge in [0.2, 0.25) is 0 Å². The quantitative estimate of drug-likeness (QED) is 0.0465. The van der Waals surface area contributed by atoms with Gasteiger partial charge in [0.05, 0.1) is 45.3 Å². The SMILES string of the molecule is C=C(SC(=C)c1sc([N+](=O)[O-])cc1CC(=O)O)c1sc(-c2ccc(-c3cc(CC(=O)O)c(-c4ccc(-c5sc([N+](=O)[O-])cc5CC(=O)O)s4)s3)s2)cc1CC(=O)O. The van der Waals surface area contributed by atoms with Crippen LogP contribution in [0.2, 0.25) is 0 Å². The third-order valence-corrected chi connectivity index (χ3v) is 16.6. The summed E-state index contributed by atoms with van der Waals surface area (Å²) in [5, 5.41) is 60.7. The molecule has 4 N–H and O–H groups in total. The van der Waals surface area contributed by atoms with E-state index in [0.29, 0.717) is 55.8 Å². The van der Waals surface area contributed by atoms with Crippen molar-refractivity contribution in [2.24, 2.45) is 0 Å². The molecule has 0 aliphatic carbocycles. The summed E-state index contributed by atoms with van der Waals surface area (Å²) in [6.07, 6.45) is -1.45. The van der Waals surface area contributed by atoms with Crippen LogP contribution in [0.15, 0.2) is 61.7 Å². The van der Waals surface area contributed by atoms with Crippen LogP contribution < -0.4 is 0 Å². The number of thioether (sulfide) groups is 1. The maximum atomic E-state index is 11.9. The van der Waals surface area contributed by atoms with Crippen LogP contribution in [0.1, 0.15) is 32.0 Å². The molecule has 0 unspecified atom stereocenters. The number of hydrogen-bond acceptors (Lipinski definition) is 15. The minimum Gasteiger partial charge on any atom is -0.481 e. The van der Waals surface area contributed by atoms with Gasteiger partial charge in [-0.3, -0.25) is 39.4 Å².